The molecule has 0 aliphatic heterocycles. The summed E-state index contributed by atoms with van der Waals surface area (Å²) in [4.78, 5) is 10.6. The van der Waals surface area contributed by atoms with Gasteiger partial charge in [-0.25, -0.2) is 0 Å². The van der Waals surface area contributed by atoms with Gasteiger partial charge in [0.15, 0.2) is 0 Å². The maximum atomic E-state index is 11.4. The third kappa shape index (κ3) is 2.43. The highest BCUT2D eigenvalue weighted by Crippen LogP contribution is 2.51. The number of hydrogen-bond donors (Lipinski definition) is 1. The van der Waals surface area contributed by atoms with Crippen LogP contribution in [-0.4, -0.2) is 10.0 Å². The van der Waals surface area contributed by atoms with Crippen LogP contribution in [0, 0.1) is 10.1 Å². The number of nitro benzene ring substituents is 1. The van der Waals surface area contributed by atoms with Crippen molar-refractivity contribution in [2.24, 2.45) is 0 Å². The van der Waals surface area contributed by atoms with E-state index in [2.05, 4.69) is 0 Å². The predicted molar refractivity (Wildman–Crippen MR) is 101 cm³/mol. The van der Waals surface area contributed by atoms with E-state index in [0.29, 0.717) is 0 Å². The number of fused-ring (bicyclic) bond motifs is 1. The molecule has 128 valence electrons. The quantitative estimate of drug-likeness (QED) is 0.550. The van der Waals surface area contributed by atoms with E-state index in [1.165, 1.54) is 12.1 Å². The normalized spacial score (nSPS) is 18.7. The second-order valence-electron chi connectivity index (χ2n) is 6.54. The zero-order valence-electron chi connectivity index (χ0n) is 14.2. The van der Waals surface area contributed by atoms with Crippen LogP contribution in [0.4, 0.5) is 5.69 Å². The molecule has 1 atom stereocenters. The van der Waals surface area contributed by atoms with Gasteiger partial charge in [-0.15, -0.1) is 0 Å². The van der Waals surface area contributed by atoms with Crippen molar-refractivity contribution in [2.45, 2.75) is 12.5 Å². The molecule has 1 N–H and O–H groups in total. The summed E-state index contributed by atoms with van der Waals surface area (Å²) < 4.78 is 0. The second kappa shape index (κ2) is 5.93. The molecule has 1 unspecified atom stereocenters. The van der Waals surface area contributed by atoms with Crippen LogP contribution >= 0.6 is 0 Å². The van der Waals surface area contributed by atoms with E-state index in [1.807, 2.05) is 54.6 Å². The van der Waals surface area contributed by atoms with Crippen molar-refractivity contribution in [3.63, 3.8) is 0 Å². The largest absolute Gasteiger partial charge is 0.381 e. The minimum Gasteiger partial charge on any atom is -0.381 e. The Morgan fingerprint density at radius 2 is 1.46 bits per heavy atom. The average Bonchev–Trinajstić information content (AvgIpc) is 2.90. The van der Waals surface area contributed by atoms with Crippen LogP contribution in [0.1, 0.15) is 29.2 Å². The van der Waals surface area contributed by atoms with E-state index in [1.54, 1.807) is 19.1 Å². The van der Waals surface area contributed by atoms with Gasteiger partial charge in [0.2, 0.25) is 0 Å². The Labute approximate surface area is 151 Å². The van der Waals surface area contributed by atoms with Crippen molar-refractivity contribution in [3.05, 3.63) is 111 Å². The molecule has 0 spiro atoms. The number of benzene rings is 3. The maximum absolute atomic E-state index is 11.4. The Morgan fingerprint density at radius 3 is 2.12 bits per heavy atom. The van der Waals surface area contributed by atoms with Crippen LogP contribution in [0.5, 0.6) is 0 Å². The summed E-state index contributed by atoms with van der Waals surface area (Å²) in [6, 6.07) is 24.1. The number of aliphatic hydroxyl groups is 1. The molecule has 1 aliphatic carbocycles. The third-order valence-electron chi connectivity index (χ3n) is 4.89. The van der Waals surface area contributed by atoms with E-state index in [-0.39, 0.29) is 5.69 Å². The highest BCUT2D eigenvalue weighted by Gasteiger charge is 2.40. The fourth-order valence-corrected chi connectivity index (χ4v) is 3.72. The Balaban J connectivity index is 2.00. The van der Waals surface area contributed by atoms with Gasteiger partial charge in [-0.3, -0.25) is 10.1 Å². The van der Waals surface area contributed by atoms with E-state index in [9.17, 15) is 15.2 Å². The molecule has 3 aromatic carbocycles. The predicted octanol–water partition coefficient (Wildman–Crippen LogP) is 4.78. The Kier molecular flexibility index (Phi) is 3.71. The van der Waals surface area contributed by atoms with Crippen LogP contribution in [0.2, 0.25) is 0 Å². The molecule has 0 fully saturated rings. The average molecular weight is 343 g/mol. The molecule has 0 bridgehead atoms. The lowest BCUT2D eigenvalue weighted by Gasteiger charge is -2.23. The molecule has 0 radical (unpaired) electrons. The van der Waals surface area contributed by atoms with Gasteiger partial charge in [0.05, 0.1) is 4.92 Å². The number of rotatable bonds is 3. The zero-order valence-corrected chi connectivity index (χ0v) is 14.2. The number of nitro groups is 1. The van der Waals surface area contributed by atoms with E-state index in [0.717, 1.165) is 33.4 Å². The first-order valence-electron chi connectivity index (χ1n) is 8.37. The van der Waals surface area contributed by atoms with Crippen molar-refractivity contribution in [1.29, 1.82) is 0 Å². The molecular formula is C22H17NO3. The first-order valence-corrected chi connectivity index (χ1v) is 8.37. The Hall–Kier alpha value is -3.24. The summed E-state index contributed by atoms with van der Waals surface area (Å²) in [6.07, 6.45) is 0. The smallest absolute Gasteiger partial charge is 0.269 e. The van der Waals surface area contributed by atoms with Crippen molar-refractivity contribution < 1.29 is 10.0 Å². The molecule has 0 heterocycles. The maximum Gasteiger partial charge on any atom is 0.269 e. The van der Waals surface area contributed by atoms with Gasteiger partial charge < -0.3 is 5.11 Å². The van der Waals surface area contributed by atoms with Crippen LogP contribution in [-0.2, 0) is 5.60 Å². The topological polar surface area (TPSA) is 63.4 Å². The van der Waals surface area contributed by atoms with E-state index >= 15 is 0 Å². The first-order chi connectivity index (χ1) is 12.5. The van der Waals surface area contributed by atoms with Crippen LogP contribution < -0.4 is 0 Å². The van der Waals surface area contributed by atoms with Crippen LogP contribution in [0.3, 0.4) is 0 Å². The molecule has 4 heteroatoms. The lowest BCUT2D eigenvalue weighted by atomic mass is 9.87. The van der Waals surface area contributed by atoms with Crippen molar-refractivity contribution in [2.75, 3.05) is 0 Å². The minimum atomic E-state index is -1.18. The standard InChI is InChI=1S/C22H17NO3/c1-22(24)19-10-6-5-9-18(19)20(15-7-3-2-4-8-15)21(22)16-11-13-17(14-12-16)23(25)26/h2-14,24H,1H3. The molecular weight excluding hydrogens is 326 g/mol. The lowest BCUT2D eigenvalue weighted by Crippen LogP contribution is -2.20. The molecule has 4 rings (SSSR count). The molecule has 4 nitrogen and oxygen atoms in total. The number of nitrogens with zero attached hydrogens (tertiary/aromatic N) is 1. The van der Waals surface area contributed by atoms with Gasteiger partial charge in [0, 0.05) is 17.7 Å². The van der Waals surface area contributed by atoms with Crippen molar-refractivity contribution in [1.82, 2.24) is 0 Å². The van der Waals surface area contributed by atoms with Gasteiger partial charge >= 0.3 is 0 Å². The summed E-state index contributed by atoms with van der Waals surface area (Å²) in [5, 5.41) is 22.3. The Bertz CT molecular complexity index is 1020. The molecule has 3 aromatic rings. The lowest BCUT2D eigenvalue weighted by molar-refractivity contribution is -0.384. The molecule has 0 aromatic heterocycles. The van der Waals surface area contributed by atoms with Gasteiger partial charge in [-0.1, -0.05) is 54.6 Å². The van der Waals surface area contributed by atoms with E-state index in [4.69, 9.17) is 0 Å². The zero-order chi connectivity index (χ0) is 18.3. The molecule has 0 saturated carbocycles. The number of hydrogen-bond acceptors (Lipinski definition) is 3. The summed E-state index contributed by atoms with van der Waals surface area (Å²) in [7, 11) is 0. The van der Waals surface area contributed by atoms with Gasteiger partial charge in [-0.2, -0.15) is 0 Å². The van der Waals surface area contributed by atoms with Gasteiger partial charge in [-0.05, 0) is 46.9 Å². The monoisotopic (exact) mass is 343 g/mol. The van der Waals surface area contributed by atoms with Crippen LogP contribution in [0.25, 0.3) is 11.1 Å². The summed E-state index contributed by atoms with van der Waals surface area (Å²) in [5.74, 6) is 0. The van der Waals surface area contributed by atoms with E-state index < -0.39 is 10.5 Å². The minimum absolute atomic E-state index is 0.0331. The SMILES string of the molecule is CC1(O)C(c2ccc([N+](=O)[O-])cc2)=C(c2ccccc2)c2ccccc21. The second-order valence-corrected chi connectivity index (χ2v) is 6.54. The summed E-state index contributed by atoms with van der Waals surface area (Å²) in [6.45, 7) is 1.78. The fourth-order valence-electron chi connectivity index (χ4n) is 3.72. The summed E-state index contributed by atoms with van der Waals surface area (Å²) >= 11 is 0. The highest BCUT2D eigenvalue weighted by atomic mass is 16.6. The first kappa shape index (κ1) is 16.2. The molecule has 0 saturated heterocycles. The Morgan fingerprint density at radius 1 is 0.846 bits per heavy atom. The van der Waals surface area contributed by atoms with Crippen LogP contribution in [0.15, 0.2) is 78.9 Å². The molecule has 1 aliphatic rings. The highest BCUT2D eigenvalue weighted by molar-refractivity contribution is 6.06. The van der Waals surface area contributed by atoms with Gasteiger partial charge in [0.25, 0.3) is 5.69 Å². The number of non-ortho nitro benzene ring substituents is 1. The van der Waals surface area contributed by atoms with Crippen molar-refractivity contribution >= 4 is 16.8 Å². The summed E-state index contributed by atoms with van der Waals surface area (Å²) in [5.41, 5.74) is 4.18. The van der Waals surface area contributed by atoms with Gasteiger partial charge in [0.1, 0.15) is 5.60 Å². The van der Waals surface area contributed by atoms with Crippen molar-refractivity contribution in [3.8, 4) is 0 Å². The molecule has 26 heavy (non-hydrogen) atoms. The fraction of sp³-hybridized carbons (Fsp3) is 0.0909. The molecule has 0 amide bonds. The third-order valence-corrected chi connectivity index (χ3v) is 4.89.